The zero-order valence-corrected chi connectivity index (χ0v) is 11.2. The van der Waals surface area contributed by atoms with Crippen LogP contribution in [0.3, 0.4) is 0 Å². The predicted octanol–water partition coefficient (Wildman–Crippen LogP) is 1.86. The van der Waals surface area contributed by atoms with Gasteiger partial charge in [0.2, 0.25) is 0 Å². The van der Waals surface area contributed by atoms with Crippen molar-refractivity contribution in [1.29, 1.82) is 0 Å². The summed E-state index contributed by atoms with van der Waals surface area (Å²) in [6.45, 7) is 1.19. The van der Waals surface area contributed by atoms with Gasteiger partial charge in [-0.1, -0.05) is 18.2 Å². The van der Waals surface area contributed by atoms with Gasteiger partial charge in [-0.3, -0.25) is 0 Å². The molecule has 1 atom stereocenters. The number of aromatic nitrogens is 3. The molecule has 16 heavy (non-hydrogen) atoms. The first-order valence-corrected chi connectivity index (χ1v) is 6.55. The third-order valence-corrected chi connectivity index (χ3v) is 3.85. The molecule has 0 spiro atoms. The van der Waals surface area contributed by atoms with Crippen LogP contribution in [0.25, 0.3) is 0 Å². The summed E-state index contributed by atoms with van der Waals surface area (Å²) in [6, 6.07) is 0.722. The van der Waals surface area contributed by atoms with Crippen molar-refractivity contribution in [2.24, 2.45) is 7.05 Å². The van der Waals surface area contributed by atoms with Crippen LogP contribution in [0, 0.1) is 0 Å². The Morgan fingerprint density at radius 2 is 2.44 bits per heavy atom. The molecule has 2 rings (SSSR count). The first kappa shape index (κ1) is 13.8. The molecule has 0 bridgehead atoms. The highest BCUT2D eigenvalue weighted by Crippen LogP contribution is 2.18. The van der Waals surface area contributed by atoms with E-state index in [0.717, 1.165) is 17.0 Å². The van der Waals surface area contributed by atoms with Crippen LogP contribution in [-0.2, 0) is 7.05 Å². The lowest BCUT2D eigenvalue weighted by atomic mass is 10.0. The maximum Gasteiger partial charge on any atom is 0.190 e. The summed E-state index contributed by atoms with van der Waals surface area (Å²) in [4.78, 5) is 0. The van der Waals surface area contributed by atoms with E-state index in [-0.39, 0.29) is 12.4 Å². The van der Waals surface area contributed by atoms with Crippen LogP contribution in [0.15, 0.2) is 11.5 Å². The molecule has 6 heteroatoms. The van der Waals surface area contributed by atoms with Gasteiger partial charge in [-0.05, 0) is 25.8 Å². The highest BCUT2D eigenvalue weighted by atomic mass is 35.5. The lowest BCUT2D eigenvalue weighted by Gasteiger charge is -2.22. The number of aryl methyl sites for hydroxylation is 1. The Bertz CT molecular complexity index is 299. The van der Waals surface area contributed by atoms with Crippen molar-refractivity contribution in [2.45, 2.75) is 36.9 Å². The van der Waals surface area contributed by atoms with E-state index in [1.165, 1.54) is 32.2 Å². The van der Waals surface area contributed by atoms with E-state index >= 15 is 0 Å². The SMILES string of the molecule is Cl.Cn1cnnc1SCCC1CCCCN1. The van der Waals surface area contributed by atoms with Crippen molar-refractivity contribution < 1.29 is 0 Å². The summed E-state index contributed by atoms with van der Waals surface area (Å²) in [5.41, 5.74) is 0. The van der Waals surface area contributed by atoms with Crippen molar-refractivity contribution in [3.63, 3.8) is 0 Å². The summed E-state index contributed by atoms with van der Waals surface area (Å²) < 4.78 is 1.97. The normalized spacial score (nSPS) is 20.4. The molecule has 1 aliphatic rings. The Kier molecular flexibility index (Phi) is 6.16. The minimum atomic E-state index is 0. The zero-order valence-electron chi connectivity index (χ0n) is 9.56. The van der Waals surface area contributed by atoms with E-state index in [1.807, 2.05) is 11.6 Å². The third-order valence-electron chi connectivity index (χ3n) is 2.78. The van der Waals surface area contributed by atoms with E-state index in [1.54, 1.807) is 18.1 Å². The number of hydrogen-bond acceptors (Lipinski definition) is 4. The van der Waals surface area contributed by atoms with Gasteiger partial charge in [0.05, 0.1) is 0 Å². The summed E-state index contributed by atoms with van der Waals surface area (Å²) in [7, 11) is 1.99. The number of piperidine rings is 1. The average Bonchev–Trinajstić information content (AvgIpc) is 2.66. The second-order valence-electron chi connectivity index (χ2n) is 4.01. The van der Waals surface area contributed by atoms with Crippen molar-refractivity contribution in [3.8, 4) is 0 Å². The van der Waals surface area contributed by atoms with Crippen LogP contribution in [0.2, 0.25) is 0 Å². The van der Waals surface area contributed by atoms with E-state index in [0.29, 0.717) is 0 Å². The Morgan fingerprint density at radius 1 is 1.56 bits per heavy atom. The van der Waals surface area contributed by atoms with E-state index in [2.05, 4.69) is 15.5 Å². The minimum Gasteiger partial charge on any atom is -0.314 e. The number of nitrogens with one attached hydrogen (secondary N) is 1. The Balaban J connectivity index is 0.00000128. The summed E-state index contributed by atoms with van der Waals surface area (Å²) >= 11 is 1.80. The number of hydrogen-bond donors (Lipinski definition) is 1. The standard InChI is InChI=1S/C10H18N4S.ClH/c1-14-8-12-13-10(14)15-7-5-9-4-2-3-6-11-9;/h8-9,11H,2-7H2,1H3;1H. The largest absolute Gasteiger partial charge is 0.314 e. The summed E-state index contributed by atoms with van der Waals surface area (Å²) in [5, 5.41) is 12.5. The molecule has 1 aromatic rings. The van der Waals surface area contributed by atoms with Crippen molar-refractivity contribution >= 4 is 24.2 Å². The molecule has 0 aromatic carbocycles. The molecule has 1 N–H and O–H groups in total. The van der Waals surface area contributed by atoms with E-state index in [9.17, 15) is 0 Å². The van der Waals surface area contributed by atoms with Gasteiger partial charge < -0.3 is 9.88 Å². The molecule has 0 saturated carbocycles. The second-order valence-corrected chi connectivity index (χ2v) is 5.07. The van der Waals surface area contributed by atoms with Gasteiger partial charge >= 0.3 is 0 Å². The molecule has 0 amide bonds. The van der Waals surface area contributed by atoms with Gasteiger partial charge in [0.1, 0.15) is 6.33 Å². The number of halogens is 1. The van der Waals surface area contributed by atoms with Gasteiger partial charge in [0.15, 0.2) is 5.16 Å². The van der Waals surface area contributed by atoms with Crippen LogP contribution in [0.5, 0.6) is 0 Å². The molecule has 0 radical (unpaired) electrons. The lowest BCUT2D eigenvalue weighted by Crippen LogP contribution is -2.34. The fourth-order valence-corrected chi connectivity index (χ4v) is 2.81. The van der Waals surface area contributed by atoms with Crippen LogP contribution in [0.4, 0.5) is 0 Å². The molecule has 1 unspecified atom stereocenters. The molecule has 0 aliphatic carbocycles. The number of rotatable bonds is 4. The first-order chi connectivity index (χ1) is 7.36. The van der Waals surface area contributed by atoms with Gasteiger partial charge in [0.25, 0.3) is 0 Å². The minimum absolute atomic E-state index is 0. The molecule has 1 saturated heterocycles. The van der Waals surface area contributed by atoms with Crippen molar-refractivity contribution in [3.05, 3.63) is 6.33 Å². The topological polar surface area (TPSA) is 42.7 Å². The molecule has 92 valence electrons. The van der Waals surface area contributed by atoms with E-state index in [4.69, 9.17) is 0 Å². The fourth-order valence-electron chi connectivity index (χ4n) is 1.87. The van der Waals surface area contributed by atoms with Crippen molar-refractivity contribution in [1.82, 2.24) is 20.1 Å². The molecular weight excluding hydrogens is 244 g/mol. The maximum absolute atomic E-state index is 4.05. The predicted molar refractivity (Wildman–Crippen MR) is 69.2 cm³/mol. The molecule has 1 fully saturated rings. The van der Waals surface area contributed by atoms with Crippen LogP contribution in [0.1, 0.15) is 25.7 Å². The highest BCUT2D eigenvalue weighted by Gasteiger charge is 2.12. The first-order valence-electron chi connectivity index (χ1n) is 5.56. The maximum atomic E-state index is 4.05. The van der Waals surface area contributed by atoms with Crippen LogP contribution >= 0.6 is 24.2 Å². The van der Waals surface area contributed by atoms with Gasteiger partial charge in [-0.15, -0.1) is 22.6 Å². The second kappa shape index (κ2) is 7.14. The molecular formula is C10H19ClN4S. The molecule has 4 nitrogen and oxygen atoms in total. The Labute approximate surface area is 107 Å². The smallest absolute Gasteiger partial charge is 0.190 e. The third kappa shape index (κ3) is 3.96. The number of nitrogens with zero attached hydrogens (tertiary/aromatic N) is 3. The summed E-state index contributed by atoms with van der Waals surface area (Å²) in [5.74, 6) is 1.13. The Hall–Kier alpha value is -0.260. The summed E-state index contributed by atoms with van der Waals surface area (Å²) in [6.07, 6.45) is 7.04. The zero-order chi connectivity index (χ0) is 10.5. The molecule has 1 aliphatic heterocycles. The van der Waals surface area contributed by atoms with Gasteiger partial charge in [-0.25, -0.2) is 0 Å². The molecule has 2 heterocycles. The monoisotopic (exact) mass is 262 g/mol. The van der Waals surface area contributed by atoms with Gasteiger partial charge in [0, 0.05) is 18.8 Å². The fraction of sp³-hybridized carbons (Fsp3) is 0.800. The number of thioether (sulfide) groups is 1. The van der Waals surface area contributed by atoms with Crippen LogP contribution < -0.4 is 5.32 Å². The lowest BCUT2D eigenvalue weighted by molar-refractivity contribution is 0.394. The van der Waals surface area contributed by atoms with Crippen molar-refractivity contribution in [2.75, 3.05) is 12.3 Å². The quantitative estimate of drug-likeness (QED) is 0.842. The Morgan fingerprint density at radius 3 is 3.06 bits per heavy atom. The average molecular weight is 263 g/mol. The highest BCUT2D eigenvalue weighted by molar-refractivity contribution is 7.99. The molecule has 1 aromatic heterocycles. The van der Waals surface area contributed by atoms with E-state index < -0.39 is 0 Å². The van der Waals surface area contributed by atoms with Gasteiger partial charge in [-0.2, -0.15) is 0 Å². The van der Waals surface area contributed by atoms with Crippen LogP contribution in [-0.4, -0.2) is 33.1 Å².